The lowest BCUT2D eigenvalue weighted by atomic mass is 10.1. The molecular weight excluding hydrogens is 450 g/mol. The lowest BCUT2D eigenvalue weighted by Gasteiger charge is -2.12. The second-order valence-corrected chi connectivity index (χ2v) is 7.85. The van der Waals surface area contributed by atoms with Crippen LogP contribution in [0, 0.1) is 12.7 Å². The molecule has 1 aliphatic heterocycles. The third-order valence-electron chi connectivity index (χ3n) is 4.75. The second-order valence-electron chi connectivity index (χ2n) is 6.63. The largest absolute Gasteiger partial charge is 0.488 e. The normalized spacial score (nSPS) is 14.0. The zero-order valence-electron chi connectivity index (χ0n) is 15.6. The highest BCUT2D eigenvalue weighted by atomic mass is 35.5. The molecule has 30 heavy (non-hydrogen) atoms. The van der Waals surface area contributed by atoms with Crippen LogP contribution in [0.3, 0.4) is 0 Å². The third kappa shape index (κ3) is 3.79. The van der Waals surface area contributed by atoms with Crippen LogP contribution in [-0.2, 0) is 6.61 Å². The Morgan fingerprint density at radius 3 is 2.37 bits per heavy atom. The van der Waals surface area contributed by atoms with Crippen LogP contribution in [0.5, 0.6) is 11.5 Å². The average molecular weight is 464 g/mol. The first kappa shape index (κ1) is 20.7. The summed E-state index contributed by atoms with van der Waals surface area (Å²) in [5.41, 5.74) is 1.77. The van der Waals surface area contributed by atoms with Crippen LogP contribution >= 0.6 is 34.8 Å². The molecule has 0 saturated carbocycles. The summed E-state index contributed by atoms with van der Waals surface area (Å²) in [6.07, 6.45) is 1.52. The number of carbonyl (C=O) groups excluding carboxylic acids is 1. The Balaban J connectivity index is 1.63. The van der Waals surface area contributed by atoms with Crippen molar-refractivity contribution in [3.63, 3.8) is 0 Å². The summed E-state index contributed by atoms with van der Waals surface area (Å²) in [6.45, 7) is 1.70. The number of allylic oxidation sites excluding steroid dienone is 1. The van der Waals surface area contributed by atoms with Gasteiger partial charge in [-0.25, -0.2) is 4.39 Å². The summed E-state index contributed by atoms with van der Waals surface area (Å²) in [4.78, 5) is 12.8. The first-order valence-electron chi connectivity index (χ1n) is 8.94. The van der Waals surface area contributed by atoms with Gasteiger partial charge in [0, 0.05) is 26.7 Å². The monoisotopic (exact) mass is 462 g/mol. The van der Waals surface area contributed by atoms with E-state index in [9.17, 15) is 9.18 Å². The quantitative estimate of drug-likeness (QED) is 0.381. The fraction of sp³-hybridized carbons (Fsp3) is 0.0870. The number of fused-ring (bicyclic) bond motifs is 1. The molecule has 0 aliphatic carbocycles. The number of ketones is 1. The highest BCUT2D eigenvalue weighted by Crippen LogP contribution is 2.40. The van der Waals surface area contributed by atoms with Gasteiger partial charge in [0.05, 0.1) is 10.6 Å². The summed E-state index contributed by atoms with van der Waals surface area (Å²) < 4.78 is 25.6. The molecule has 1 aliphatic rings. The SMILES string of the molecule is Cc1c(OCc2c(F)cccc2Cl)ccc2c1O/C(=C\c1c(Cl)cccc1Cl)C2=O. The molecule has 3 nitrogen and oxygen atoms in total. The number of carbonyl (C=O) groups is 1. The smallest absolute Gasteiger partial charge is 0.231 e. The summed E-state index contributed by atoms with van der Waals surface area (Å²) in [5, 5.41) is 1.09. The molecule has 7 heteroatoms. The number of hydrogen-bond donors (Lipinski definition) is 0. The standard InChI is InChI=1S/C23H14Cl3FO3/c1-12-20(29-11-15-18(26)6-3-7-19(15)27)9-8-13-22(28)21(30-23(12)13)10-14-16(24)4-2-5-17(14)25/h2-10H,11H2,1H3/b21-10-. The van der Waals surface area contributed by atoms with Gasteiger partial charge in [0.15, 0.2) is 5.76 Å². The maximum Gasteiger partial charge on any atom is 0.231 e. The molecule has 0 saturated heterocycles. The van der Waals surface area contributed by atoms with E-state index in [1.807, 2.05) is 0 Å². The number of ether oxygens (including phenoxy) is 2. The fourth-order valence-corrected chi connectivity index (χ4v) is 3.85. The van der Waals surface area contributed by atoms with Crippen molar-refractivity contribution in [2.45, 2.75) is 13.5 Å². The van der Waals surface area contributed by atoms with Crippen molar-refractivity contribution in [2.75, 3.05) is 0 Å². The van der Waals surface area contributed by atoms with Gasteiger partial charge in [0.25, 0.3) is 0 Å². The maximum atomic E-state index is 14.0. The molecule has 3 aromatic rings. The summed E-state index contributed by atoms with van der Waals surface area (Å²) in [7, 11) is 0. The van der Waals surface area contributed by atoms with E-state index in [-0.39, 0.29) is 28.7 Å². The topological polar surface area (TPSA) is 35.5 Å². The molecule has 0 atom stereocenters. The highest BCUT2D eigenvalue weighted by molar-refractivity contribution is 6.37. The molecule has 3 aromatic carbocycles. The second kappa shape index (κ2) is 8.31. The van der Waals surface area contributed by atoms with E-state index in [0.717, 1.165) is 0 Å². The number of hydrogen-bond acceptors (Lipinski definition) is 3. The Kier molecular flexibility index (Phi) is 5.74. The van der Waals surface area contributed by atoms with Gasteiger partial charge >= 0.3 is 0 Å². The van der Waals surface area contributed by atoms with Crippen molar-refractivity contribution < 1.29 is 18.7 Å². The Morgan fingerprint density at radius 1 is 1.00 bits per heavy atom. The van der Waals surface area contributed by atoms with Gasteiger partial charge in [-0.05, 0) is 49.4 Å². The fourth-order valence-electron chi connectivity index (χ4n) is 3.12. The van der Waals surface area contributed by atoms with Gasteiger partial charge in [0.2, 0.25) is 5.78 Å². The van der Waals surface area contributed by atoms with E-state index in [4.69, 9.17) is 44.3 Å². The molecular formula is C23H14Cl3FO3. The van der Waals surface area contributed by atoms with Crippen LogP contribution < -0.4 is 9.47 Å². The average Bonchev–Trinajstić information content (AvgIpc) is 3.02. The Morgan fingerprint density at radius 2 is 1.67 bits per heavy atom. The summed E-state index contributed by atoms with van der Waals surface area (Å²) in [6, 6.07) is 12.8. The van der Waals surface area contributed by atoms with Crippen LogP contribution in [0.2, 0.25) is 15.1 Å². The Hall–Kier alpha value is -2.53. The van der Waals surface area contributed by atoms with E-state index in [1.165, 1.54) is 18.2 Å². The molecule has 0 radical (unpaired) electrons. The van der Waals surface area contributed by atoms with Crippen LogP contribution in [-0.4, -0.2) is 5.78 Å². The van der Waals surface area contributed by atoms with Crippen molar-refractivity contribution in [1.82, 2.24) is 0 Å². The minimum Gasteiger partial charge on any atom is -0.488 e. The van der Waals surface area contributed by atoms with Gasteiger partial charge < -0.3 is 9.47 Å². The molecule has 0 fully saturated rings. The van der Waals surface area contributed by atoms with Crippen LogP contribution in [0.15, 0.2) is 54.3 Å². The first-order valence-corrected chi connectivity index (χ1v) is 10.1. The Bertz CT molecular complexity index is 1160. The van der Waals surface area contributed by atoms with E-state index in [2.05, 4.69) is 0 Å². The van der Waals surface area contributed by atoms with Crippen molar-refractivity contribution in [2.24, 2.45) is 0 Å². The predicted molar refractivity (Wildman–Crippen MR) is 116 cm³/mol. The van der Waals surface area contributed by atoms with E-state index in [0.29, 0.717) is 38.2 Å². The molecule has 0 amide bonds. The molecule has 0 unspecified atom stereocenters. The van der Waals surface area contributed by atoms with Crippen LogP contribution in [0.25, 0.3) is 6.08 Å². The van der Waals surface area contributed by atoms with E-state index >= 15 is 0 Å². The van der Waals surface area contributed by atoms with E-state index in [1.54, 1.807) is 43.3 Å². The first-order chi connectivity index (χ1) is 14.4. The molecule has 0 spiro atoms. The summed E-state index contributed by atoms with van der Waals surface area (Å²) in [5.74, 6) is 0.212. The lowest BCUT2D eigenvalue weighted by molar-refractivity contribution is 0.101. The molecule has 0 aromatic heterocycles. The molecule has 0 bridgehead atoms. The molecule has 0 N–H and O–H groups in total. The summed E-state index contributed by atoms with van der Waals surface area (Å²) >= 11 is 18.4. The van der Waals surface area contributed by atoms with Gasteiger partial charge in [-0.3, -0.25) is 4.79 Å². The minimum absolute atomic E-state index is 0.0585. The molecule has 152 valence electrons. The predicted octanol–water partition coefficient (Wildman–Crippen LogP) is 7.29. The molecule has 4 rings (SSSR count). The van der Waals surface area contributed by atoms with Crippen LogP contribution in [0.1, 0.15) is 27.0 Å². The van der Waals surface area contributed by atoms with Crippen molar-refractivity contribution in [3.8, 4) is 11.5 Å². The number of halogens is 4. The lowest BCUT2D eigenvalue weighted by Crippen LogP contribution is -2.01. The number of benzene rings is 3. The zero-order valence-corrected chi connectivity index (χ0v) is 17.9. The molecule has 1 heterocycles. The zero-order chi connectivity index (χ0) is 21.4. The van der Waals surface area contributed by atoms with Gasteiger partial charge in [-0.15, -0.1) is 0 Å². The van der Waals surface area contributed by atoms with Crippen molar-refractivity contribution in [3.05, 3.63) is 97.4 Å². The maximum absolute atomic E-state index is 14.0. The highest BCUT2D eigenvalue weighted by Gasteiger charge is 2.30. The number of rotatable bonds is 4. The third-order valence-corrected chi connectivity index (χ3v) is 5.76. The van der Waals surface area contributed by atoms with Crippen molar-refractivity contribution >= 4 is 46.7 Å². The number of Topliss-reactive ketones (excluding diaryl/α,β-unsaturated/α-hetero) is 1. The Labute approximate surface area is 187 Å². The minimum atomic E-state index is -0.449. The van der Waals surface area contributed by atoms with Gasteiger partial charge in [-0.2, -0.15) is 0 Å². The van der Waals surface area contributed by atoms with E-state index < -0.39 is 5.82 Å². The van der Waals surface area contributed by atoms with Crippen LogP contribution in [0.4, 0.5) is 4.39 Å². The van der Waals surface area contributed by atoms with Gasteiger partial charge in [0.1, 0.15) is 23.9 Å². The van der Waals surface area contributed by atoms with Gasteiger partial charge in [-0.1, -0.05) is 46.9 Å². The van der Waals surface area contributed by atoms with Crippen molar-refractivity contribution in [1.29, 1.82) is 0 Å².